The van der Waals surface area contributed by atoms with Gasteiger partial charge in [0.2, 0.25) is 0 Å². The number of nitrogen functional groups attached to an aromatic ring is 1. The highest BCUT2D eigenvalue weighted by Crippen LogP contribution is 2.39. The molecule has 0 aliphatic carbocycles. The van der Waals surface area contributed by atoms with Crippen molar-refractivity contribution >= 4 is 17.2 Å². The molecule has 3 rings (SSSR count). The number of nitrogens with zero attached hydrogens (tertiary/aromatic N) is 3. The van der Waals surface area contributed by atoms with Gasteiger partial charge in [-0.15, -0.1) is 11.3 Å². The maximum Gasteiger partial charge on any atom is 0.129 e. The number of hydrogen-bond acceptors (Lipinski definition) is 4. The first-order chi connectivity index (χ1) is 9.58. The van der Waals surface area contributed by atoms with E-state index in [4.69, 9.17) is 5.73 Å². The fourth-order valence-corrected chi connectivity index (χ4v) is 3.25. The van der Waals surface area contributed by atoms with Gasteiger partial charge in [-0.1, -0.05) is 30.3 Å². The summed E-state index contributed by atoms with van der Waals surface area (Å²) in [6.45, 7) is 4.02. The molecule has 0 saturated carbocycles. The molecule has 102 valence electrons. The van der Waals surface area contributed by atoms with Gasteiger partial charge in [-0.3, -0.25) is 4.68 Å². The van der Waals surface area contributed by atoms with Crippen molar-refractivity contribution in [1.29, 1.82) is 0 Å². The van der Waals surface area contributed by atoms with Crippen molar-refractivity contribution in [1.82, 2.24) is 14.8 Å². The highest BCUT2D eigenvalue weighted by Gasteiger charge is 2.20. The van der Waals surface area contributed by atoms with Gasteiger partial charge in [-0.25, -0.2) is 4.98 Å². The topological polar surface area (TPSA) is 56.7 Å². The Morgan fingerprint density at radius 3 is 2.45 bits per heavy atom. The standard InChI is InChI=1S/C15H16N4S/c1-9-14(20-10(2)17-9)13-12(15(16)19(3)18-13)11-7-5-4-6-8-11/h4-8H,16H2,1-3H3. The molecule has 0 fully saturated rings. The van der Waals surface area contributed by atoms with Gasteiger partial charge in [0, 0.05) is 7.05 Å². The summed E-state index contributed by atoms with van der Waals surface area (Å²) in [5.41, 5.74) is 10.2. The zero-order valence-corrected chi connectivity index (χ0v) is 12.5. The smallest absolute Gasteiger partial charge is 0.129 e. The van der Waals surface area contributed by atoms with Crippen LogP contribution in [0.3, 0.4) is 0 Å². The van der Waals surface area contributed by atoms with E-state index in [0.29, 0.717) is 5.82 Å². The summed E-state index contributed by atoms with van der Waals surface area (Å²) >= 11 is 1.66. The molecule has 20 heavy (non-hydrogen) atoms. The minimum absolute atomic E-state index is 0.677. The minimum atomic E-state index is 0.677. The lowest BCUT2D eigenvalue weighted by atomic mass is 10.0. The second-order valence-corrected chi connectivity index (χ2v) is 5.95. The number of thiazole rings is 1. The molecule has 2 N–H and O–H groups in total. The number of nitrogens with two attached hydrogens (primary N) is 1. The van der Waals surface area contributed by atoms with Crippen LogP contribution in [0, 0.1) is 13.8 Å². The van der Waals surface area contributed by atoms with E-state index in [0.717, 1.165) is 32.4 Å². The lowest BCUT2D eigenvalue weighted by Crippen LogP contribution is -1.97. The van der Waals surface area contributed by atoms with Gasteiger partial charge in [0.05, 0.1) is 21.1 Å². The summed E-state index contributed by atoms with van der Waals surface area (Å²) in [5.74, 6) is 0.677. The van der Waals surface area contributed by atoms with Crippen LogP contribution in [0.15, 0.2) is 30.3 Å². The largest absolute Gasteiger partial charge is 0.383 e. The van der Waals surface area contributed by atoms with Crippen molar-refractivity contribution < 1.29 is 0 Å². The summed E-state index contributed by atoms with van der Waals surface area (Å²) < 4.78 is 1.73. The van der Waals surface area contributed by atoms with Gasteiger partial charge in [-0.2, -0.15) is 5.10 Å². The maximum absolute atomic E-state index is 6.21. The van der Waals surface area contributed by atoms with Gasteiger partial charge < -0.3 is 5.73 Å². The van der Waals surface area contributed by atoms with E-state index < -0.39 is 0 Å². The molecule has 0 amide bonds. The molecule has 0 aliphatic rings. The van der Waals surface area contributed by atoms with Gasteiger partial charge in [0.25, 0.3) is 0 Å². The van der Waals surface area contributed by atoms with Crippen LogP contribution in [0.4, 0.5) is 5.82 Å². The Morgan fingerprint density at radius 2 is 1.85 bits per heavy atom. The summed E-state index contributed by atoms with van der Waals surface area (Å²) in [6, 6.07) is 10.1. The van der Waals surface area contributed by atoms with Crippen LogP contribution in [0.2, 0.25) is 0 Å². The molecule has 0 spiro atoms. The molecule has 0 radical (unpaired) electrons. The van der Waals surface area contributed by atoms with Crippen molar-refractivity contribution in [2.45, 2.75) is 13.8 Å². The first-order valence-corrected chi connectivity index (χ1v) is 7.22. The molecule has 0 atom stereocenters. The van der Waals surface area contributed by atoms with E-state index >= 15 is 0 Å². The van der Waals surface area contributed by atoms with Crippen molar-refractivity contribution in [3.05, 3.63) is 41.0 Å². The molecule has 4 nitrogen and oxygen atoms in total. The number of anilines is 1. The third kappa shape index (κ3) is 2.00. The third-order valence-electron chi connectivity index (χ3n) is 3.27. The van der Waals surface area contributed by atoms with Crippen LogP contribution >= 0.6 is 11.3 Å². The van der Waals surface area contributed by atoms with Crippen molar-refractivity contribution in [3.63, 3.8) is 0 Å². The monoisotopic (exact) mass is 284 g/mol. The maximum atomic E-state index is 6.21. The fraction of sp³-hybridized carbons (Fsp3) is 0.200. The predicted octanol–water partition coefficient (Wildman–Crippen LogP) is 3.41. The number of hydrogen-bond donors (Lipinski definition) is 1. The van der Waals surface area contributed by atoms with E-state index in [9.17, 15) is 0 Å². The second-order valence-electron chi connectivity index (χ2n) is 4.75. The van der Waals surface area contributed by atoms with Crippen LogP contribution in [-0.2, 0) is 7.05 Å². The molecule has 2 aromatic heterocycles. The highest BCUT2D eigenvalue weighted by molar-refractivity contribution is 7.15. The Balaban J connectivity index is 2.28. The van der Waals surface area contributed by atoms with Crippen LogP contribution in [0.1, 0.15) is 10.7 Å². The predicted molar refractivity (Wildman–Crippen MR) is 83.6 cm³/mol. The Kier molecular flexibility index (Phi) is 3.06. The van der Waals surface area contributed by atoms with Crippen molar-refractivity contribution in [3.8, 4) is 21.7 Å². The van der Waals surface area contributed by atoms with E-state index in [1.165, 1.54) is 0 Å². The Bertz CT molecular complexity index is 756. The molecule has 3 aromatic rings. The zero-order valence-electron chi connectivity index (χ0n) is 11.7. The molecule has 2 heterocycles. The normalized spacial score (nSPS) is 10.9. The zero-order chi connectivity index (χ0) is 14.3. The first kappa shape index (κ1) is 12.9. The molecule has 0 bridgehead atoms. The van der Waals surface area contributed by atoms with Gasteiger partial charge >= 0.3 is 0 Å². The third-order valence-corrected chi connectivity index (χ3v) is 4.35. The number of aromatic nitrogens is 3. The molecule has 0 unspecified atom stereocenters. The molecule has 0 saturated heterocycles. The molecule has 0 aliphatic heterocycles. The number of benzene rings is 1. The quantitative estimate of drug-likeness (QED) is 0.784. The van der Waals surface area contributed by atoms with Crippen LogP contribution < -0.4 is 5.73 Å². The minimum Gasteiger partial charge on any atom is -0.383 e. The van der Waals surface area contributed by atoms with E-state index in [1.807, 2.05) is 39.1 Å². The molecular formula is C15H16N4S. The molecule has 1 aromatic carbocycles. The average Bonchev–Trinajstić information content (AvgIpc) is 2.91. The Hall–Kier alpha value is -2.14. The van der Waals surface area contributed by atoms with Crippen molar-refractivity contribution in [2.75, 3.05) is 5.73 Å². The summed E-state index contributed by atoms with van der Waals surface area (Å²) in [7, 11) is 1.87. The Labute approximate surface area is 121 Å². The van der Waals surface area contributed by atoms with E-state index in [2.05, 4.69) is 22.2 Å². The van der Waals surface area contributed by atoms with Crippen LogP contribution in [0.5, 0.6) is 0 Å². The van der Waals surface area contributed by atoms with E-state index in [-0.39, 0.29) is 0 Å². The number of rotatable bonds is 2. The fourth-order valence-electron chi connectivity index (χ4n) is 2.34. The van der Waals surface area contributed by atoms with Gasteiger partial charge in [0.1, 0.15) is 11.5 Å². The van der Waals surface area contributed by atoms with Crippen LogP contribution in [-0.4, -0.2) is 14.8 Å². The lowest BCUT2D eigenvalue weighted by Gasteiger charge is -2.03. The summed E-state index contributed by atoms with van der Waals surface area (Å²) in [5, 5.41) is 5.64. The van der Waals surface area contributed by atoms with E-state index in [1.54, 1.807) is 16.0 Å². The average molecular weight is 284 g/mol. The number of aryl methyl sites for hydroxylation is 3. The SMILES string of the molecule is Cc1nc(C)c(-c2nn(C)c(N)c2-c2ccccc2)s1. The van der Waals surface area contributed by atoms with Gasteiger partial charge in [0.15, 0.2) is 0 Å². The lowest BCUT2D eigenvalue weighted by molar-refractivity contribution is 0.782. The summed E-state index contributed by atoms with van der Waals surface area (Å²) in [4.78, 5) is 5.58. The van der Waals surface area contributed by atoms with Gasteiger partial charge in [-0.05, 0) is 19.4 Å². The Morgan fingerprint density at radius 1 is 1.15 bits per heavy atom. The molecular weight excluding hydrogens is 268 g/mol. The second kappa shape index (κ2) is 4.76. The highest BCUT2D eigenvalue weighted by atomic mass is 32.1. The van der Waals surface area contributed by atoms with Crippen LogP contribution in [0.25, 0.3) is 21.7 Å². The van der Waals surface area contributed by atoms with Crippen molar-refractivity contribution in [2.24, 2.45) is 7.05 Å². The summed E-state index contributed by atoms with van der Waals surface area (Å²) in [6.07, 6.45) is 0. The molecule has 5 heteroatoms. The first-order valence-electron chi connectivity index (χ1n) is 6.40.